The van der Waals surface area contributed by atoms with Gasteiger partial charge < -0.3 is 9.47 Å². The normalized spacial score (nSPS) is 10.4. The second-order valence-electron chi connectivity index (χ2n) is 4.46. The van der Waals surface area contributed by atoms with Crippen molar-refractivity contribution in [3.8, 4) is 11.5 Å². The van der Waals surface area contributed by atoms with Crippen LogP contribution in [0.1, 0.15) is 18.4 Å². The third kappa shape index (κ3) is 5.18. The molecule has 0 atom stereocenters. The number of nitrogens with zero attached hydrogens (tertiary/aromatic N) is 1. The highest BCUT2D eigenvalue weighted by molar-refractivity contribution is 5.75. The van der Waals surface area contributed by atoms with Gasteiger partial charge in [-0.3, -0.25) is 10.2 Å². The number of amides is 1. The second-order valence-corrected chi connectivity index (χ2v) is 4.46. The monoisotopic (exact) mass is 266 g/mol. The summed E-state index contributed by atoms with van der Waals surface area (Å²) in [6.45, 7) is 0. The quantitative estimate of drug-likeness (QED) is 0.762. The molecule has 0 unspecified atom stereocenters. The predicted octanol–water partition coefficient (Wildman–Crippen LogP) is 1.62. The van der Waals surface area contributed by atoms with Gasteiger partial charge in [-0.25, -0.2) is 5.01 Å². The molecular weight excluding hydrogens is 244 g/mol. The van der Waals surface area contributed by atoms with Crippen LogP contribution in [0.25, 0.3) is 0 Å². The number of aryl methyl sites for hydroxylation is 1. The van der Waals surface area contributed by atoms with Crippen LogP contribution in [0.5, 0.6) is 11.5 Å². The molecule has 19 heavy (non-hydrogen) atoms. The number of hydrogen-bond acceptors (Lipinski definition) is 4. The molecular formula is C14H22N2O3. The lowest BCUT2D eigenvalue weighted by molar-refractivity contribution is -0.124. The summed E-state index contributed by atoms with van der Waals surface area (Å²) >= 11 is 0. The molecule has 0 fully saturated rings. The number of rotatable bonds is 7. The topological polar surface area (TPSA) is 50.8 Å². The molecule has 0 saturated carbocycles. The Morgan fingerprint density at radius 1 is 1.26 bits per heavy atom. The lowest BCUT2D eigenvalue weighted by atomic mass is 10.1. The number of carbonyl (C=O) groups excluding carboxylic acids is 1. The van der Waals surface area contributed by atoms with Crippen LogP contribution in [0.2, 0.25) is 0 Å². The van der Waals surface area contributed by atoms with Crippen LogP contribution in [0.4, 0.5) is 0 Å². The molecule has 0 aromatic heterocycles. The van der Waals surface area contributed by atoms with Crippen molar-refractivity contribution >= 4 is 5.91 Å². The van der Waals surface area contributed by atoms with E-state index in [9.17, 15) is 4.79 Å². The summed E-state index contributed by atoms with van der Waals surface area (Å²) in [5.41, 5.74) is 3.80. The molecule has 0 aliphatic carbocycles. The molecule has 5 heteroatoms. The molecule has 0 bridgehead atoms. The SMILES string of the molecule is COc1ccc(CCCC(=O)NN(C)C)c(OC)c1. The summed E-state index contributed by atoms with van der Waals surface area (Å²) in [7, 11) is 6.85. The Morgan fingerprint density at radius 3 is 2.58 bits per heavy atom. The Labute approximate surface area is 114 Å². The van der Waals surface area contributed by atoms with E-state index in [0.29, 0.717) is 6.42 Å². The van der Waals surface area contributed by atoms with Crippen LogP contribution in [0, 0.1) is 0 Å². The van der Waals surface area contributed by atoms with Crippen molar-refractivity contribution in [1.82, 2.24) is 10.4 Å². The fraction of sp³-hybridized carbons (Fsp3) is 0.500. The maximum Gasteiger partial charge on any atom is 0.234 e. The third-order valence-electron chi connectivity index (χ3n) is 2.69. The number of hydrogen-bond donors (Lipinski definition) is 1. The largest absolute Gasteiger partial charge is 0.497 e. The van der Waals surface area contributed by atoms with E-state index < -0.39 is 0 Å². The summed E-state index contributed by atoms with van der Waals surface area (Å²) in [5, 5.41) is 1.65. The molecule has 5 nitrogen and oxygen atoms in total. The van der Waals surface area contributed by atoms with Crippen LogP contribution < -0.4 is 14.9 Å². The number of ether oxygens (including phenoxy) is 2. The summed E-state index contributed by atoms with van der Waals surface area (Å²) in [6, 6.07) is 5.73. The van der Waals surface area contributed by atoms with Gasteiger partial charge in [-0.05, 0) is 24.5 Å². The van der Waals surface area contributed by atoms with Crippen molar-refractivity contribution in [3.63, 3.8) is 0 Å². The van der Waals surface area contributed by atoms with Crippen molar-refractivity contribution < 1.29 is 14.3 Å². The van der Waals surface area contributed by atoms with Gasteiger partial charge >= 0.3 is 0 Å². The van der Waals surface area contributed by atoms with Crippen LogP contribution in [0.15, 0.2) is 18.2 Å². The second kappa shape index (κ2) is 7.63. The first-order valence-electron chi connectivity index (χ1n) is 6.24. The minimum absolute atomic E-state index is 0.0254. The van der Waals surface area contributed by atoms with E-state index >= 15 is 0 Å². The molecule has 0 aliphatic heterocycles. The van der Waals surface area contributed by atoms with Crippen molar-refractivity contribution in [2.45, 2.75) is 19.3 Å². The minimum atomic E-state index is 0.0254. The predicted molar refractivity (Wildman–Crippen MR) is 74.3 cm³/mol. The maximum absolute atomic E-state index is 11.5. The highest BCUT2D eigenvalue weighted by atomic mass is 16.5. The Morgan fingerprint density at radius 2 is 2.00 bits per heavy atom. The standard InChI is InChI=1S/C14H22N2O3/c1-16(2)15-14(17)7-5-6-11-8-9-12(18-3)10-13(11)19-4/h8-10H,5-7H2,1-4H3,(H,15,17). The Bertz CT molecular complexity index is 419. The van der Waals surface area contributed by atoms with E-state index in [1.54, 1.807) is 33.3 Å². The van der Waals surface area contributed by atoms with E-state index in [1.807, 2.05) is 18.2 Å². The molecule has 106 valence electrons. The Balaban J connectivity index is 2.51. The van der Waals surface area contributed by atoms with E-state index in [1.165, 1.54) is 0 Å². The molecule has 1 rings (SSSR count). The van der Waals surface area contributed by atoms with Gasteiger partial charge in [-0.2, -0.15) is 0 Å². The van der Waals surface area contributed by atoms with Gasteiger partial charge in [0.2, 0.25) is 5.91 Å². The van der Waals surface area contributed by atoms with Crippen molar-refractivity contribution in [3.05, 3.63) is 23.8 Å². The van der Waals surface area contributed by atoms with Gasteiger partial charge in [0.15, 0.2) is 0 Å². The lowest BCUT2D eigenvalue weighted by Crippen LogP contribution is -2.35. The molecule has 0 spiro atoms. The molecule has 0 aliphatic rings. The molecule has 0 heterocycles. The van der Waals surface area contributed by atoms with E-state index in [-0.39, 0.29) is 5.91 Å². The van der Waals surface area contributed by atoms with Gasteiger partial charge in [0.1, 0.15) is 11.5 Å². The maximum atomic E-state index is 11.5. The molecule has 1 aromatic rings. The first-order valence-corrected chi connectivity index (χ1v) is 6.24. The number of hydrazine groups is 1. The first kappa shape index (κ1) is 15.3. The zero-order chi connectivity index (χ0) is 14.3. The fourth-order valence-corrected chi connectivity index (χ4v) is 1.80. The molecule has 1 aromatic carbocycles. The molecule has 1 N–H and O–H groups in total. The van der Waals surface area contributed by atoms with Crippen LogP contribution in [-0.2, 0) is 11.2 Å². The van der Waals surface area contributed by atoms with Gasteiger partial charge in [0.25, 0.3) is 0 Å². The lowest BCUT2D eigenvalue weighted by Gasteiger charge is -2.12. The fourth-order valence-electron chi connectivity index (χ4n) is 1.80. The van der Waals surface area contributed by atoms with E-state index in [2.05, 4.69) is 5.43 Å². The summed E-state index contributed by atoms with van der Waals surface area (Å²) in [4.78, 5) is 11.5. The molecule has 0 radical (unpaired) electrons. The summed E-state index contributed by atoms with van der Waals surface area (Å²) in [5.74, 6) is 1.59. The Kier molecular flexibility index (Phi) is 6.15. The summed E-state index contributed by atoms with van der Waals surface area (Å²) in [6.07, 6.45) is 2.07. The minimum Gasteiger partial charge on any atom is -0.497 e. The van der Waals surface area contributed by atoms with Crippen LogP contribution in [-0.4, -0.2) is 39.2 Å². The van der Waals surface area contributed by atoms with Crippen LogP contribution >= 0.6 is 0 Å². The Hall–Kier alpha value is -1.75. The molecule has 0 saturated heterocycles. The van der Waals surface area contributed by atoms with Crippen LogP contribution in [0.3, 0.4) is 0 Å². The van der Waals surface area contributed by atoms with E-state index in [0.717, 1.165) is 29.9 Å². The zero-order valence-electron chi connectivity index (χ0n) is 12.0. The number of benzene rings is 1. The van der Waals surface area contributed by atoms with Crippen molar-refractivity contribution in [2.75, 3.05) is 28.3 Å². The van der Waals surface area contributed by atoms with E-state index in [4.69, 9.17) is 9.47 Å². The van der Waals surface area contributed by atoms with Gasteiger partial charge in [-0.15, -0.1) is 0 Å². The third-order valence-corrected chi connectivity index (χ3v) is 2.69. The summed E-state index contributed by atoms with van der Waals surface area (Å²) < 4.78 is 10.5. The zero-order valence-corrected chi connectivity index (χ0v) is 12.0. The number of nitrogens with one attached hydrogen (secondary N) is 1. The number of methoxy groups -OCH3 is 2. The smallest absolute Gasteiger partial charge is 0.234 e. The average molecular weight is 266 g/mol. The first-order chi connectivity index (χ1) is 9.06. The van der Waals surface area contributed by atoms with Gasteiger partial charge in [0, 0.05) is 26.6 Å². The van der Waals surface area contributed by atoms with Gasteiger partial charge in [-0.1, -0.05) is 6.07 Å². The molecule has 1 amide bonds. The highest BCUT2D eigenvalue weighted by Gasteiger charge is 2.07. The van der Waals surface area contributed by atoms with Gasteiger partial charge in [0.05, 0.1) is 14.2 Å². The van der Waals surface area contributed by atoms with Crippen molar-refractivity contribution in [1.29, 1.82) is 0 Å². The average Bonchev–Trinajstić information content (AvgIpc) is 2.38. The number of carbonyl (C=O) groups is 1. The van der Waals surface area contributed by atoms with Crippen molar-refractivity contribution in [2.24, 2.45) is 0 Å². The highest BCUT2D eigenvalue weighted by Crippen LogP contribution is 2.25.